The molecule has 0 bridgehead atoms. The molecule has 0 spiro atoms. The Labute approximate surface area is 110 Å². The molecule has 0 saturated carbocycles. The Bertz CT molecular complexity index is 593. The second-order valence-corrected chi connectivity index (χ2v) is 3.89. The molecule has 5 nitrogen and oxygen atoms in total. The first-order valence-corrected chi connectivity index (χ1v) is 5.57. The maximum atomic E-state index is 11.2. The summed E-state index contributed by atoms with van der Waals surface area (Å²) in [5.74, 6) is -0.410. The Hall–Kier alpha value is -2.69. The molecule has 0 unspecified atom stereocenters. The van der Waals surface area contributed by atoms with Gasteiger partial charge in [-0.3, -0.25) is 0 Å². The molecule has 0 fully saturated rings. The number of carboxylic acids is 1. The van der Waals surface area contributed by atoms with Crippen LogP contribution in [-0.2, 0) is 0 Å². The van der Waals surface area contributed by atoms with Crippen molar-refractivity contribution >= 4 is 17.3 Å². The van der Waals surface area contributed by atoms with E-state index in [9.17, 15) is 15.0 Å². The molecule has 0 aliphatic carbocycles. The molecule has 2 aromatic carbocycles. The monoisotopic (exact) mass is 259 g/mol. The van der Waals surface area contributed by atoms with Crippen molar-refractivity contribution in [1.82, 2.24) is 0 Å². The summed E-state index contributed by atoms with van der Waals surface area (Å²) in [5, 5.41) is 21.4. The highest BCUT2D eigenvalue weighted by Gasteiger charge is 2.11. The molecule has 0 aliphatic heterocycles. The van der Waals surface area contributed by atoms with E-state index >= 15 is 0 Å². The van der Waals surface area contributed by atoms with E-state index in [1.807, 2.05) is 0 Å². The largest absolute Gasteiger partial charge is 0.508 e. The summed E-state index contributed by atoms with van der Waals surface area (Å²) in [6, 6.07) is 11.1. The van der Waals surface area contributed by atoms with E-state index in [-0.39, 0.29) is 11.3 Å². The van der Waals surface area contributed by atoms with Gasteiger partial charge >= 0.3 is 5.97 Å². The average Bonchev–Trinajstić information content (AvgIpc) is 2.41. The summed E-state index contributed by atoms with van der Waals surface area (Å²) in [4.78, 5) is 11.2. The molecule has 5 heteroatoms. The minimum Gasteiger partial charge on any atom is -0.508 e. The molecule has 2 rings (SSSR count). The number of anilines is 2. The number of methoxy groups -OCH3 is 1. The third-order valence-electron chi connectivity index (χ3n) is 2.60. The van der Waals surface area contributed by atoms with Gasteiger partial charge in [0.05, 0.1) is 18.4 Å². The molecule has 2 aromatic rings. The van der Waals surface area contributed by atoms with Crippen LogP contribution < -0.4 is 10.1 Å². The molecule has 0 aromatic heterocycles. The standard InChI is InChI=1S/C14H13NO4/c1-19-11-6-7-13(12(8-11)14(17)18)15-9-2-4-10(16)5-3-9/h2-8,15-16H,1H3,(H,17,18). The van der Waals surface area contributed by atoms with Crippen molar-refractivity contribution in [2.45, 2.75) is 0 Å². The maximum absolute atomic E-state index is 11.2. The highest BCUT2D eigenvalue weighted by Crippen LogP contribution is 2.26. The molecule has 19 heavy (non-hydrogen) atoms. The number of nitrogens with one attached hydrogen (secondary N) is 1. The molecule has 0 amide bonds. The van der Waals surface area contributed by atoms with Gasteiger partial charge in [-0.2, -0.15) is 0 Å². The van der Waals surface area contributed by atoms with Gasteiger partial charge in [0.1, 0.15) is 11.5 Å². The molecule has 0 atom stereocenters. The zero-order valence-corrected chi connectivity index (χ0v) is 10.3. The van der Waals surface area contributed by atoms with E-state index < -0.39 is 5.97 Å². The van der Waals surface area contributed by atoms with Crippen LogP contribution in [0, 0.1) is 0 Å². The topological polar surface area (TPSA) is 78.8 Å². The Morgan fingerprint density at radius 3 is 2.42 bits per heavy atom. The van der Waals surface area contributed by atoms with E-state index in [1.54, 1.807) is 24.3 Å². The normalized spacial score (nSPS) is 9.95. The lowest BCUT2D eigenvalue weighted by molar-refractivity contribution is 0.0697. The fourth-order valence-corrected chi connectivity index (χ4v) is 1.64. The van der Waals surface area contributed by atoms with Crippen molar-refractivity contribution in [2.75, 3.05) is 12.4 Å². The minimum atomic E-state index is -1.04. The lowest BCUT2D eigenvalue weighted by atomic mass is 10.1. The van der Waals surface area contributed by atoms with E-state index in [0.29, 0.717) is 17.1 Å². The molecular formula is C14H13NO4. The van der Waals surface area contributed by atoms with Gasteiger partial charge in [0, 0.05) is 5.69 Å². The molecule has 3 N–H and O–H groups in total. The SMILES string of the molecule is COc1ccc(Nc2ccc(O)cc2)c(C(=O)O)c1. The zero-order valence-electron chi connectivity index (χ0n) is 10.3. The number of aromatic carboxylic acids is 1. The van der Waals surface area contributed by atoms with Crippen LogP contribution in [0.15, 0.2) is 42.5 Å². The van der Waals surface area contributed by atoms with Crippen molar-refractivity contribution in [3.63, 3.8) is 0 Å². The van der Waals surface area contributed by atoms with Gasteiger partial charge in [-0.15, -0.1) is 0 Å². The Morgan fingerprint density at radius 2 is 1.84 bits per heavy atom. The number of aromatic hydroxyl groups is 1. The van der Waals surface area contributed by atoms with Gasteiger partial charge in [0.25, 0.3) is 0 Å². The number of phenols is 1. The minimum absolute atomic E-state index is 0.118. The van der Waals surface area contributed by atoms with Gasteiger partial charge in [0.2, 0.25) is 0 Å². The van der Waals surface area contributed by atoms with Crippen LogP contribution in [-0.4, -0.2) is 23.3 Å². The number of carboxylic acid groups (broad SMARTS) is 1. The number of ether oxygens (including phenoxy) is 1. The Morgan fingerprint density at radius 1 is 1.16 bits per heavy atom. The summed E-state index contributed by atoms with van der Waals surface area (Å²) < 4.78 is 5.00. The van der Waals surface area contributed by atoms with E-state index in [4.69, 9.17) is 4.74 Å². The predicted octanol–water partition coefficient (Wildman–Crippen LogP) is 2.84. The van der Waals surface area contributed by atoms with E-state index in [0.717, 1.165) is 0 Å². The van der Waals surface area contributed by atoms with Gasteiger partial charge in [-0.1, -0.05) is 0 Å². The third kappa shape index (κ3) is 2.95. The second-order valence-electron chi connectivity index (χ2n) is 3.89. The quantitative estimate of drug-likeness (QED) is 0.736. The first-order valence-electron chi connectivity index (χ1n) is 5.57. The van der Waals surface area contributed by atoms with Crippen molar-refractivity contribution in [2.24, 2.45) is 0 Å². The number of benzene rings is 2. The molecular weight excluding hydrogens is 246 g/mol. The molecule has 0 saturated heterocycles. The highest BCUT2D eigenvalue weighted by atomic mass is 16.5. The van der Waals surface area contributed by atoms with Crippen LogP contribution in [0.25, 0.3) is 0 Å². The summed E-state index contributed by atoms with van der Waals surface area (Å²) >= 11 is 0. The van der Waals surface area contributed by atoms with Crippen LogP contribution >= 0.6 is 0 Å². The van der Waals surface area contributed by atoms with Gasteiger partial charge < -0.3 is 20.3 Å². The van der Waals surface area contributed by atoms with E-state index in [2.05, 4.69) is 5.32 Å². The van der Waals surface area contributed by atoms with Crippen LogP contribution in [0.4, 0.5) is 11.4 Å². The smallest absolute Gasteiger partial charge is 0.337 e. The number of carbonyl (C=O) groups is 1. The van der Waals surface area contributed by atoms with Gasteiger partial charge in [0.15, 0.2) is 0 Å². The number of hydrogen-bond acceptors (Lipinski definition) is 4. The van der Waals surface area contributed by atoms with Crippen molar-refractivity contribution in [3.8, 4) is 11.5 Å². The third-order valence-corrected chi connectivity index (χ3v) is 2.60. The fraction of sp³-hybridized carbons (Fsp3) is 0.0714. The van der Waals surface area contributed by atoms with Crippen molar-refractivity contribution in [3.05, 3.63) is 48.0 Å². The summed E-state index contributed by atoms with van der Waals surface area (Å²) in [7, 11) is 1.48. The average molecular weight is 259 g/mol. The fourth-order valence-electron chi connectivity index (χ4n) is 1.64. The molecule has 0 heterocycles. The summed E-state index contributed by atoms with van der Waals surface area (Å²) in [6.45, 7) is 0. The molecule has 98 valence electrons. The van der Waals surface area contributed by atoms with Crippen LogP contribution in [0.5, 0.6) is 11.5 Å². The van der Waals surface area contributed by atoms with Crippen LogP contribution in [0.2, 0.25) is 0 Å². The van der Waals surface area contributed by atoms with Gasteiger partial charge in [-0.05, 0) is 42.5 Å². The van der Waals surface area contributed by atoms with Crippen LogP contribution in [0.1, 0.15) is 10.4 Å². The maximum Gasteiger partial charge on any atom is 0.337 e. The Kier molecular flexibility index (Phi) is 3.56. The second kappa shape index (κ2) is 5.30. The number of phenolic OH excluding ortho intramolecular Hbond substituents is 1. The number of rotatable bonds is 4. The first kappa shape index (κ1) is 12.8. The van der Waals surface area contributed by atoms with E-state index in [1.165, 1.54) is 25.3 Å². The first-order chi connectivity index (χ1) is 9.10. The summed E-state index contributed by atoms with van der Waals surface area (Å²) in [5.41, 5.74) is 1.26. The van der Waals surface area contributed by atoms with Crippen LogP contribution in [0.3, 0.4) is 0 Å². The zero-order chi connectivity index (χ0) is 13.8. The Balaban J connectivity index is 2.33. The van der Waals surface area contributed by atoms with Crippen molar-refractivity contribution < 1.29 is 19.7 Å². The number of hydrogen-bond donors (Lipinski definition) is 3. The van der Waals surface area contributed by atoms with Gasteiger partial charge in [-0.25, -0.2) is 4.79 Å². The van der Waals surface area contributed by atoms with Crippen molar-refractivity contribution in [1.29, 1.82) is 0 Å². The lowest BCUT2D eigenvalue weighted by Crippen LogP contribution is -2.03. The summed E-state index contributed by atoms with van der Waals surface area (Å²) in [6.07, 6.45) is 0. The molecule has 0 radical (unpaired) electrons. The predicted molar refractivity (Wildman–Crippen MR) is 71.3 cm³/mol. The molecule has 0 aliphatic rings. The highest BCUT2D eigenvalue weighted by molar-refractivity contribution is 5.95. The lowest BCUT2D eigenvalue weighted by Gasteiger charge is -2.11.